The standard InChI is InChI=1S/C22H23BrN2O3/c1-13-4-5-17(23)11-19(13)25-21(26)6-7-24-22(27)10-16-12-28-20-9-15(3)14(2)8-18(16)20/h4-5,8-9,11-12H,6-7,10H2,1-3H3,(H,24,27)(H,25,26). The molecule has 3 aromatic rings. The van der Waals surface area contributed by atoms with Gasteiger partial charge in [0.2, 0.25) is 11.8 Å². The van der Waals surface area contributed by atoms with Crippen molar-refractivity contribution in [1.82, 2.24) is 5.32 Å². The molecule has 28 heavy (non-hydrogen) atoms. The Morgan fingerprint density at radius 3 is 2.54 bits per heavy atom. The van der Waals surface area contributed by atoms with Gasteiger partial charge in [0.05, 0.1) is 12.7 Å². The molecule has 0 aliphatic rings. The smallest absolute Gasteiger partial charge is 0.226 e. The molecule has 5 nitrogen and oxygen atoms in total. The fourth-order valence-corrected chi connectivity index (χ4v) is 3.33. The second kappa shape index (κ2) is 8.61. The number of fused-ring (bicyclic) bond motifs is 1. The number of hydrogen-bond donors (Lipinski definition) is 2. The van der Waals surface area contributed by atoms with Gasteiger partial charge >= 0.3 is 0 Å². The molecule has 0 aliphatic heterocycles. The van der Waals surface area contributed by atoms with E-state index in [-0.39, 0.29) is 31.2 Å². The quantitative estimate of drug-likeness (QED) is 0.575. The van der Waals surface area contributed by atoms with Crippen molar-refractivity contribution in [3.63, 3.8) is 0 Å². The van der Waals surface area contributed by atoms with Crippen LogP contribution in [0.5, 0.6) is 0 Å². The Morgan fingerprint density at radius 2 is 1.75 bits per heavy atom. The van der Waals surface area contributed by atoms with E-state index in [0.29, 0.717) is 0 Å². The van der Waals surface area contributed by atoms with E-state index in [1.165, 1.54) is 0 Å². The van der Waals surface area contributed by atoms with Gasteiger partial charge < -0.3 is 15.1 Å². The van der Waals surface area contributed by atoms with Gasteiger partial charge in [-0.15, -0.1) is 0 Å². The monoisotopic (exact) mass is 442 g/mol. The Balaban J connectivity index is 1.51. The molecule has 0 aliphatic carbocycles. The molecule has 2 N–H and O–H groups in total. The van der Waals surface area contributed by atoms with Crippen LogP contribution in [0.2, 0.25) is 0 Å². The molecule has 0 bridgehead atoms. The van der Waals surface area contributed by atoms with Gasteiger partial charge in [0, 0.05) is 34.1 Å². The molecular weight excluding hydrogens is 420 g/mol. The molecule has 0 atom stereocenters. The summed E-state index contributed by atoms with van der Waals surface area (Å²) in [4.78, 5) is 24.4. The lowest BCUT2D eigenvalue weighted by Gasteiger charge is -2.09. The number of anilines is 1. The molecule has 2 amide bonds. The lowest BCUT2D eigenvalue weighted by Crippen LogP contribution is -2.28. The van der Waals surface area contributed by atoms with Crippen molar-refractivity contribution >= 4 is 44.4 Å². The Bertz CT molecular complexity index is 1040. The lowest BCUT2D eigenvalue weighted by molar-refractivity contribution is -0.120. The van der Waals surface area contributed by atoms with Gasteiger partial charge in [0.1, 0.15) is 5.58 Å². The van der Waals surface area contributed by atoms with E-state index in [4.69, 9.17) is 4.42 Å². The normalized spacial score (nSPS) is 10.9. The summed E-state index contributed by atoms with van der Waals surface area (Å²) in [5, 5.41) is 6.63. The van der Waals surface area contributed by atoms with E-state index in [9.17, 15) is 9.59 Å². The number of halogens is 1. The predicted molar refractivity (Wildman–Crippen MR) is 115 cm³/mol. The van der Waals surface area contributed by atoms with Crippen LogP contribution in [0.3, 0.4) is 0 Å². The van der Waals surface area contributed by atoms with Gasteiger partial charge in [-0.2, -0.15) is 0 Å². The second-order valence-corrected chi connectivity index (χ2v) is 7.89. The van der Waals surface area contributed by atoms with E-state index in [2.05, 4.69) is 26.6 Å². The summed E-state index contributed by atoms with van der Waals surface area (Å²) in [6.45, 7) is 6.29. The van der Waals surface area contributed by atoms with Crippen molar-refractivity contribution in [2.45, 2.75) is 33.6 Å². The third-order valence-corrected chi connectivity index (χ3v) is 5.26. The zero-order chi connectivity index (χ0) is 20.3. The number of rotatable bonds is 6. The van der Waals surface area contributed by atoms with Crippen LogP contribution in [0.25, 0.3) is 11.0 Å². The van der Waals surface area contributed by atoms with Crippen LogP contribution >= 0.6 is 15.9 Å². The van der Waals surface area contributed by atoms with E-state index >= 15 is 0 Å². The van der Waals surface area contributed by atoms with Gasteiger partial charge in [0.25, 0.3) is 0 Å². The first-order chi connectivity index (χ1) is 13.3. The van der Waals surface area contributed by atoms with E-state index in [0.717, 1.165) is 43.4 Å². The Morgan fingerprint density at radius 1 is 1.00 bits per heavy atom. The maximum absolute atomic E-state index is 12.3. The van der Waals surface area contributed by atoms with Crippen LogP contribution in [0, 0.1) is 20.8 Å². The summed E-state index contributed by atoms with van der Waals surface area (Å²) in [5.41, 5.74) is 5.71. The molecule has 0 spiro atoms. The van der Waals surface area contributed by atoms with E-state index in [1.807, 2.05) is 51.1 Å². The number of nitrogens with one attached hydrogen (secondary N) is 2. The minimum absolute atomic E-state index is 0.132. The zero-order valence-electron chi connectivity index (χ0n) is 16.2. The molecule has 6 heteroatoms. The third kappa shape index (κ3) is 4.81. The van der Waals surface area contributed by atoms with Crippen LogP contribution in [-0.2, 0) is 16.0 Å². The van der Waals surface area contributed by atoms with Crippen molar-refractivity contribution in [1.29, 1.82) is 0 Å². The molecule has 0 fully saturated rings. The Labute approximate surface area is 172 Å². The Kier molecular flexibility index (Phi) is 6.19. The molecule has 0 radical (unpaired) electrons. The highest BCUT2D eigenvalue weighted by molar-refractivity contribution is 9.10. The van der Waals surface area contributed by atoms with Crippen molar-refractivity contribution in [3.05, 3.63) is 63.3 Å². The summed E-state index contributed by atoms with van der Waals surface area (Å²) in [6.07, 6.45) is 2.07. The topological polar surface area (TPSA) is 71.3 Å². The molecular formula is C22H23BrN2O3. The molecule has 146 valence electrons. The maximum Gasteiger partial charge on any atom is 0.226 e. The number of carbonyl (C=O) groups excluding carboxylic acids is 2. The summed E-state index contributed by atoms with van der Waals surface area (Å²) < 4.78 is 6.47. The van der Waals surface area contributed by atoms with E-state index < -0.39 is 0 Å². The molecule has 0 unspecified atom stereocenters. The summed E-state index contributed by atoms with van der Waals surface area (Å²) in [7, 11) is 0. The molecule has 0 saturated carbocycles. The lowest BCUT2D eigenvalue weighted by atomic mass is 10.0. The molecule has 3 rings (SSSR count). The number of furan rings is 1. The highest BCUT2D eigenvalue weighted by Crippen LogP contribution is 2.25. The molecule has 2 aromatic carbocycles. The average Bonchev–Trinajstić information content (AvgIpc) is 3.00. The summed E-state index contributed by atoms with van der Waals surface area (Å²) >= 11 is 3.40. The fraction of sp³-hybridized carbons (Fsp3) is 0.273. The largest absolute Gasteiger partial charge is 0.464 e. The number of aryl methyl sites for hydroxylation is 3. The van der Waals surface area contributed by atoms with Crippen LogP contribution in [0.4, 0.5) is 5.69 Å². The van der Waals surface area contributed by atoms with Crippen LogP contribution < -0.4 is 10.6 Å². The van der Waals surface area contributed by atoms with Crippen LogP contribution in [-0.4, -0.2) is 18.4 Å². The van der Waals surface area contributed by atoms with Gasteiger partial charge in [-0.05, 0) is 61.7 Å². The first-order valence-corrected chi connectivity index (χ1v) is 9.93. The van der Waals surface area contributed by atoms with E-state index in [1.54, 1.807) is 6.26 Å². The van der Waals surface area contributed by atoms with Gasteiger partial charge in [-0.3, -0.25) is 9.59 Å². The van der Waals surface area contributed by atoms with Crippen molar-refractivity contribution in [2.24, 2.45) is 0 Å². The van der Waals surface area contributed by atoms with Crippen molar-refractivity contribution in [3.8, 4) is 0 Å². The summed E-state index contributed by atoms with van der Waals surface area (Å²) in [5.74, 6) is -0.270. The predicted octanol–water partition coefficient (Wildman–Crippen LogP) is 4.81. The number of carbonyl (C=O) groups is 2. The number of amides is 2. The molecule has 1 heterocycles. The van der Waals surface area contributed by atoms with Gasteiger partial charge in [-0.25, -0.2) is 0 Å². The first kappa shape index (κ1) is 20.1. The Hall–Kier alpha value is -2.60. The van der Waals surface area contributed by atoms with Gasteiger partial charge in [0.15, 0.2) is 0 Å². The fourth-order valence-electron chi connectivity index (χ4n) is 2.97. The highest BCUT2D eigenvalue weighted by atomic mass is 79.9. The van der Waals surface area contributed by atoms with Crippen molar-refractivity contribution < 1.29 is 14.0 Å². The van der Waals surface area contributed by atoms with Gasteiger partial charge in [-0.1, -0.05) is 22.0 Å². The van der Waals surface area contributed by atoms with Crippen LogP contribution in [0.15, 0.2) is 45.5 Å². The number of benzene rings is 2. The SMILES string of the molecule is Cc1cc2occ(CC(=O)NCCC(=O)Nc3cc(Br)ccc3C)c2cc1C. The highest BCUT2D eigenvalue weighted by Gasteiger charge is 2.12. The van der Waals surface area contributed by atoms with Crippen molar-refractivity contribution in [2.75, 3.05) is 11.9 Å². The molecule has 0 saturated heterocycles. The summed E-state index contributed by atoms with van der Waals surface area (Å²) in [6, 6.07) is 9.75. The second-order valence-electron chi connectivity index (χ2n) is 6.98. The molecule has 1 aromatic heterocycles. The first-order valence-electron chi connectivity index (χ1n) is 9.13. The van der Waals surface area contributed by atoms with Crippen LogP contribution in [0.1, 0.15) is 28.7 Å². The minimum atomic E-state index is -0.138. The zero-order valence-corrected chi connectivity index (χ0v) is 17.8. The number of hydrogen-bond acceptors (Lipinski definition) is 3. The third-order valence-electron chi connectivity index (χ3n) is 4.77. The minimum Gasteiger partial charge on any atom is -0.464 e. The maximum atomic E-state index is 12.3. The average molecular weight is 443 g/mol.